The molecule has 3 nitrogen and oxygen atoms in total. The summed E-state index contributed by atoms with van der Waals surface area (Å²) in [7, 11) is 0. The van der Waals surface area contributed by atoms with Crippen molar-refractivity contribution in [3.8, 4) is 5.75 Å². The van der Waals surface area contributed by atoms with Gasteiger partial charge in [0.25, 0.3) is 5.91 Å². The van der Waals surface area contributed by atoms with E-state index in [1.807, 2.05) is 0 Å². The van der Waals surface area contributed by atoms with E-state index in [4.69, 9.17) is 10.5 Å². The maximum atomic E-state index is 13.1. The first-order valence-electron chi connectivity index (χ1n) is 4.35. The zero-order valence-corrected chi connectivity index (χ0v) is 7.87. The lowest BCUT2D eigenvalue weighted by Crippen LogP contribution is -2.33. The number of ether oxygens (including phenoxy) is 1. The average Bonchev–Trinajstić information content (AvgIpc) is 2.16. The minimum Gasteiger partial charge on any atom is -0.478 e. The summed E-state index contributed by atoms with van der Waals surface area (Å²) in [4.78, 5) is 10.8. The largest absolute Gasteiger partial charge is 0.478 e. The third-order valence-corrected chi connectivity index (χ3v) is 1.79. The molecule has 0 unspecified atom stereocenters. The highest BCUT2D eigenvalue weighted by molar-refractivity contribution is 5.79. The summed E-state index contributed by atoms with van der Waals surface area (Å²) in [5, 5.41) is 0. The van der Waals surface area contributed by atoms with Gasteiger partial charge < -0.3 is 10.5 Å². The fraction of sp³-hybridized carbons (Fsp3) is 0.300. The Kier molecular flexibility index (Phi) is 3.45. The van der Waals surface area contributed by atoms with Crippen molar-refractivity contribution in [2.45, 2.75) is 19.4 Å². The van der Waals surface area contributed by atoms with Crippen LogP contribution in [0.3, 0.4) is 0 Å². The average molecular weight is 197 g/mol. The van der Waals surface area contributed by atoms with E-state index >= 15 is 0 Å². The predicted molar refractivity (Wildman–Crippen MR) is 50.3 cm³/mol. The van der Waals surface area contributed by atoms with Crippen LogP contribution in [0.2, 0.25) is 0 Å². The number of hydrogen-bond acceptors (Lipinski definition) is 2. The molecule has 1 amide bonds. The minimum atomic E-state index is -0.771. The first-order chi connectivity index (χ1) is 6.65. The van der Waals surface area contributed by atoms with Crippen LogP contribution >= 0.6 is 0 Å². The molecule has 0 aliphatic heterocycles. The topological polar surface area (TPSA) is 52.3 Å². The van der Waals surface area contributed by atoms with Gasteiger partial charge in [-0.3, -0.25) is 4.79 Å². The first kappa shape index (κ1) is 10.5. The van der Waals surface area contributed by atoms with Gasteiger partial charge in [0.05, 0.1) is 0 Å². The number of halogens is 1. The third-order valence-electron chi connectivity index (χ3n) is 1.79. The van der Waals surface area contributed by atoms with Gasteiger partial charge in [0, 0.05) is 0 Å². The fourth-order valence-corrected chi connectivity index (χ4v) is 1.04. The van der Waals surface area contributed by atoms with Crippen molar-refractivity contribution >= 4 is 5.91 Å². The molecule has 0 bridgehead atoms. The van der Waals surface area contributed by atoms with Crippen molar-refractivity contribution in [3.05, 3.63) is 30.1 Å². The van der Waals surface area contributed by atoms with Crippen LogP contribution in [-0.4, -0.2) is 12.0 Å². The predicted octanol–water partition coefficient (Wildman–Crippen LogP) is 1.47. The van der Waals surface area contributed by atoms with Gasteiger partial charge >= 0.3 is 0 Å². The molecule has 1 rings (SSSR count). The molecule has 0 aliphatic carbocycles. The molecule has 0 spiro atoms. The number of nitrogens with two attached hydrogens (primary N) is 1. The molecule has 0 saturated carbocycles. The number of primary amides is 1. The van der Waals surface area contributed by atoms with E-state index in [0.29, 0.717) is 6.42 Å². The lowest BCUT2D eigenvalue weighted by atomic mass is 10.2. The fourth-order valence-electron chi connectivity index (χ4n) is 1.04. The lowest BCUT2D eigenvalue weighted by molar-refractivity contribution is -0.124. The van der Waals surface area contributed by atoms with E-state index in [1.165, 1.54) is 12.1 Å². The highest BCUT2D eigenvalue weighted by Crippen LogP contribution is 2.17. The molecule has 1 aromatic rings. The van der Waals surface area contributed by atoms with Crippen LogP contribution in [0.4, 0.5) is 4.39 Å². The molecule has 0 saturated heterocycles. The Labute approximate surface area is 81.7 Å². The number of carbonyl (C=O) groups is 1. The summed E-state index contributed by atoms with van der Waals surface area (Å²) in [6.45, 7) is 1.75. The highest BCUT2D eigenvalue weighted by atomic mass is 19.1. The van der Waals surface area contributed by atoms with E-state index in [2.05, 4.69) is 0 Å². The molecule has 0 radical (unpaired) electrons. The molecule has 0 aliphatic rings. The third kappa shape index (κ3) is 2.45. The smallest absolute Gasteiger partial charge is 0.258 e. The molecule has 0 fully saturated rings. The summed E-state index contributed by atoms with van der Waals surface area (Å²) in [6, 6.07) is 5.91. The van der Waals surface area contributed by atoms with Gasteiger partial charge in [0.15, 0.2) is 17.7 Å². The molecule has 1 aromatic carbocycles. The van der Waals surface area contributed by atoms with Crippen LogP contribution in [0.15, 0.2) is 24.3 Å². The number of carbonyl (C=O) groups excluding carboxylic acids is 1. The van der Waals surface area contributed by atoms with Crippen molar-refractivity contribution in [1.82, 2.24) is 0 Å². The Morgan fingerprint density at radius 3 is 2.71 bits per heavy atom. The van der Waals surface area contributed by atoms with E-state index in [-0.39, 0.29) is 5.75 Å². The van der Waals surface area contributed by atoms with Crippen LogP contribution in [0, 0.1) is 5.82 Å². The van der Waals surface area contributed by atoms with E-state index in [1.54, 1.807) is 19.1 Å². The molecule has 4 heteroatoms. The molecule has 76 valence electrons. The second-order valence-corrected chi connectivity index (χ2v) is 2.85. The van der Waals surface area contributed by atoms with Crippen LogP contribution in [-0.2, 0) is 4.79 Å². The summed E-state index contributed by atoms with van der Waals surface area (Å²) in [5.41, 5.74) is 5.06. The zero-order valence-electron chi connectivity index (χ0n) is 7.87. The SMILES string of the molecule is CC[C@@H](Oc1ccccc1F)C(N)=O. The Bertz CT molecular complexity index is 328. The standard InChI is InChI=1S/C10H12FNO2/c1-2-8(10(12)13)14-9-6-4-3-5-7(9)11/h3-6,8H,2H2,1H3,(H2,12,13)/t8-/m1/s1. The van der Waals surface area contributed by atoms with Gasteiger partial charge in [-0.2, -0.15) is 0 Å². The van der Waals surface area contributed by atoms with Gasteiger partial charge in [-0.1, -0.05) is 19.1 Å². The zero-order chi connectivity index (χ0) is 10.6. The lowest BCUT2D eigenvalue weighted by Gasteiger charge is -2.14. The molecule has 0 aromatic heterocycles. The van der Waals surface area contributed by atoms with Crippen LogP contribution in [0.25, 0.3) is 0 Å². The molecule has 1 atom stereocenters. The molecular weight excluding hydrogens is 185 g/mol. The van der Waals surface area contributed by atoms with E-state index in [9.17, 15) is 9.18 Å². The van der Waals surface area contributed by atoms with Crippen molar-refractivity contribution in [3.63, 3.8) is 0 Å². The number of amides is 1. The highest BCUT2D eigenvalue weighted by Gasteiger charge is 2.15. The normalized spacial score (nSPS) is 12.1. The van der Waals surface area contributed by atoms with Crippen LogP contribution < -0.4 is 10.5 Å². The molecular formula is C10H12FNO2. The maximum Gasteiger partial charge on any atom is 0.258 e. The Balaban J connectivity index is 2.77. The summed E-state index contributed by atoms with van der Waals surface area (Å²) in [6.07, 6.45) is -0.351. The number of rotatable bonds is 4. The summed E-state index contributed by atoms with van der Waals surface area (Å²) < 4.78 is 18.2. The van der Waals surface area contributed by atoms with Gasteiger partial charge in [0.2, 0.25) is 0 Å². The van der Waals surface area contributed by atoms with Crippen LogP contribution in [0.5, 0.6) is 5.75 Å². The van der Waals surface area contributed by atoms with E-state index < -0.39 is 17.8 Å². The van der Waals surface area contributed by atoms with Crippen LogP contribution in [0.1, 0.15) is 13.3 Å². The Morgan fingerprint density at radius 1 is 1.57 bits per heavy atom. The number of hydrogen-bond donors (Lipinski definition) is 1. The van der Waals surface area contributed by atoms with E-state index in [0.717, 1.165) is 0 Å². The van der Waals surface area contributed by atoms with Gasteiger partial charge in [0.1, 0.15) is 0 Å². The molecule has 14 heavy (non-hydrogen) atoms. The van der Waals surface area contributed by atoms with Crippen molar-refractivity contribution in [1.29, 1.82) is 0 Å². The van der Waals surface area contributed by atoms with Crippen molar-refractivity contribution < 1.29 is 13.9 Å². The number of benzene rings is 1. The number of para-hydroxylation sites is 1. The van der Waals surface area contributed by atoms with Crippen molar-refractivity contribution in [2.75, 3.05) is 0 Å². The quantitative estimate of drug-likeness (QED) is 0.794. The molecule has 2 N–H and O–H groups in total. The Morgan fingerprint density at radius 2 is 2.21 bits per heavy atom. The summed E-state index contributed by atoms with van der Waals surface area (Å²) in [5.74, 6) is -1.03. The summed E-state index contributed by atoms with van der Waals surface area (Å²) >= 11 is 0. The second-order valence-electron chi connectivity index (χ2n) is 2.85. The minimum absolute atomic E-state index is 0.0538. The molecule has 0 heterocycles. The van der Waals surface area contributed by atoms with Gasteiger partial charge in [-0.15, -0.1) is 0 Å². The monoisotopic (exact) mass is 197 g/mol. The maximum absolute atomic E-state index is 13.1. The van der Waals surface area contributed by atoms with Gasteiger partial charge in [-0.05, 0) is 18.6 Å². The van der Waals surface area contributed by atoms with Crippen molar-refractivity contribution in [2.24, 2.45) is 5.73 Å². The van der Waals surface area contributed by atoms with Gasteiger partial charge in [-0.25, -0.2) is 4.39 Å². The Hall–Kier alpha value is -1.58. The second kappa shape index (κ2) is 4.60. The first-order valence-corrected chi connectivity index (χ1v) is 4.35.